The van der Waals surface area contributed by atoms with Crippen LogP contribution in [0, 0.1) is 0 Å². The Bertz CT molecular complexity index is 396. The van der Waals surface area contributed by atoms with Gasteiger partial charge in [-0.1, -0.05) is 11.6 Å². The van der Waals surface area contributed by atoms with E-state index in [1.165, 1.54) is 23.2 Å². The summed E-state index contributed by atoms with van der Waals surface area (Å²) in [5.74, 6) is 0. The van der Waals surface area contributed by atoms with Crippen molar-refractivity contribution in [3.8, 4) is 0 Å². The molecule has 0 radical (unpaired) electrons. The number of nitrogens with two attached hydrogens (primary N) is 1. The van der Waals surface area contributed by atoms with Gasteiger partial charge in [-0.2, -0.15) is 0 Å². The second-order valence-corrected chi connectivity index (χ2v) is 4.64. The highest BCUT2D eigenvalue weighted by Crippen LogP contribution is 2.31. The first-order chi connectivity index (χ1) is 7.68. The highest BCUT2D eigenvalue weighted by Gasteiger charge is 2.17. The normalized spacial score (nSPS) is 14.7. The minimum Gasteiger partial charge on any atom is -0.398 e. The molecule has 1 aliphatic rings. The van der Waals surface area contributed by atoms with Crippen LogP contribution in [0.3, 0.4) is 0 Å². The number of nitrogen functional groups attached to an aromatic ring is 1. The number of nitrogens with zero attached hydrogens (tertiary/aromatic N) is 1. The first kappa shape index (κ1) is 11.1. The Morgan fingerprint density at radius 2 is 2.31 bits per heavy atom. The van der Waals surface area contributed by atoms with Crippen LogP contribution in [0.1, 0.15) is 25.3 Å². The fourth-order valence-electron chi connectivity index (χ4n) is 2.29. The molecule has 0 aliphatic carbocycles. The summed E-state index contributed by atoms with van der Waals surface area (Å²) < 4.78 is 0. The minimum atomic E-state index is 0.942. The molecule has 1 aliphatic heterocycles. The molecule has 2 N–H and O–H groups in total. The molecular formula is C14H20N2. The molecule has 0 amide bonds. The van der Waals surface area contributed by atoms with Gasteiger partial charge < -0.3 is 10.6 Å². The molecule has 1 aromatic carbocycles. The SMILES string of the molecule is C=C(C)CCN1CCCc2c(N)cccc21. The van der Waals surface area contributed by atoms with Crippen molar-refractivity contribution in [2.24, 2.45) is 0 Å². The van der Waals surface area contributed by atoms with Crippen molar-refractivity contribution in [3.63, 3.8) is 0 Å². The van der Waals surface area contributed by atoms with Gasteiger partial charge in [-0.25, -0.2) is 0 Å². The van der Waals surface area contributed by atoms with Crippen molar-refractivity contribution in [1.82, 2.24) is 0 Å². The zero-order chi connectivity index (χ0) is 11.5. The molecule has 86 valence electrons. The Hall–Kier alpha value is -1.44. The quantitative estimate of drug-likeness (QED) is 0.621. The molecule has 0 atom stereocenters. The van der Waals surface area contributed by atoms with Gasteiger partial charge in [0.25, 0.3) is 0 Å². The van der Waals surface area contributed by atoms with E-state index in [9.17, 15) is 0 Å². The van der Waals surface area contributed by atoms with E-state index in [0.717, 1.165) is 31.6 Å². The summed E-state index contributed by atoms with van der Waals surface area (Å²) in [6.07, 6.45) is 3.39. The van der Waals surface area contributed by atoms with E-state index in [1.54, 1.807) is 0 Å². The molecule has 2 heteroatoms. The lowest BCUT2D eigenvalue weighted by Crippen LogP contribution is -2.30. The molecule has 1 heterocycles. The van der Waals surface area contributed by atoms with Crippen molar-refractivity contribution in [2.75, 3.05) is 23.7 Å². The van der Waals surface area contributed by atoms with Crippen LogP contribution in [0.5, 0.6) is 0 Å². The fourth-order valence-corrected chi connectivity index (χ4v) is 2.29. The number of hydrogen-bond acceptors (Lipinski definition) is 2. The van der Waals surface area contributed by atoms with Crippen LogP contribution in [0.15, 0.2) is 30.4 Å². The van der Waals surface area contributed by atoms with Crippen molar-refractivity contribution in [2.45, 2.75) is 26.2 Å². The van der Waals surface area contributed by atoms with Crippen LogP contribution in [-0.2, 0) is 6.42 Å². The molecule has 1 aromatic rings. The van der Waals surface area contributed by atoms with Crippen molar-refractivity contribution in [1.29, 1.82) is 0 Å². The van der Waals surface area contributed by atoms with Gasteiger partial charge in [-0.05, 0) is 43.9 Å². The van der Waals surface area contributed by atoms with Crippen molar-refractivity contribution in [3.05, 3.63) is 35.9 Å². The molecule has 0 aromatic heterocycles. The lowest BCUT2D eigenvalue weighted by atomic mass is 9.99. The second kappa shape index (κ2) is 4.60. The summed E-state index contributed by atoms with van der Waals surface area (Å²) in [7, 11) is 0. The Labute approximate surface area is 97.8 Å². The maximum Gasteiger partial charge on any atom is 0.0419 e. The third-order valence-corrected chi connectivity index (χ3v) is 3.19. The topological polar surface area (TPSA) is 29.3 Å². The molecule has 0 saturated carbocycles. The molecule has 0 saturated heterocycles. The van der Waals surface area contributed by atoms with E-state index in [2.05, 4.69) is 24.5 Å². The van der Waals surface area contributed by atoms with Gasteiger partial charge in [0.2, 0.25) is 0 Å². The lowest BCUT2D eigenvalue weighted by molar-refractivity contribution is 0.688. The van der Waals surface area contributed by atoms with E-state index < -0.39 is 0 Å². The predicted octanol–water partition coefficient (Wildman–Crippen LogP) is 2.99. The van der Waals surface area contributed by atoms with Crippen LogP contribution >= 0.6 is 0 Å². The molecule has 0 unspecified atom stereocenters. The number of rotatable bonds is 3. The van der Waals surface area contributed by atoms with E-state index in [-0.39, 0.29) is 0 Å². The molecule has 0 spiro atoms. The van der Waals surface area contributed by atoms with Gasteiger partial charge in [-0.15, -0.1) is 6.58 Å². The third kappa shape index (κ3) is 2.21. The number of fused-ring (bicyclic) bond motifs is 1. The Morgan fingerprint density at radius 3 is 3.06 bits per heavy atom. The maximum atomic E-state index is 6.02. The standard InChI is InChI=1S/C14H20N2/c1-11(2)8-10-16-9-4-5-12-13(15)6-3-7-14(12)16/h3,6-7H,1,4-5,8-10,15H2,2H3. The summed E-state index contributed by atoms with van der Waals surface area (Å²) in [4.78, 5) is 2.43. The Kier molecular flexibility index (Phi) is 3.18. The van der Waals surface area contributed by atoms with Crippen LogP contribution in [0.4, 0.5) is 11.4 Å². The fraction of sp³-hybridized carbons (Fsp3) is 0.429. The van der Waals surface area contributed by atoms with Gasteiger partial charge in [-0.3, -0.25) is 0 Å². The van der Waals surface area contributed by atoms with Gasteiger partial charge in [0, 0.05) is 24.5 Å². The Morgan fingerprint density at radius 1 is 1.50 bits per heavy atom. The monoisotopic (exact) mass is 216 g/mol. The summed E-state index contributed by atoms with van der Waals surface area (Å²) in [5, 5.41) is 0. The second-order valence-electron chi connectivity index (χ2n) is 4.64. The van der Waals surface area contributed by atoms with Crippen LogP contribution in [0.25, 0.3) is 0 Å². The highest BCUT2D eigenvalue weighted by atomic mass is 15.1. The van der Waals surface area contributed by atoms with Crippen molar-refractivity contribution < 1.29 is 0 Å². The predicted molar refractivity (Wildman–Crippen MR) is 70.8 cm³/mol. The van der Waals surface area contributed by atoms with Crippen LogP contribution in [0.2, 0.25) is 0 Å². The highest BCUT2D eigenvalue weighted by molar-refractivity contribution is 5.66. The summed E-state index contributed by atoms with van der Waals surface area (Å²) in [6.45, 7) is 8.25. The molecule has 0 fully saturated rings. The Balaban J connectivity index is 2.19. The third-order valence-electron chi connectivity index (χ3n) is 3.19. The van der Waals surface area contributed by atoms with Gasteiger partial charge in [0.1, 0.15) is 0 Å². The largest absolute Gasteiger partial charge is 0.398 e. The molecule has 0 bridgehead atoms. The molecule has 2 nitrogen and oxygen atoms in total. The van der Waals surface area contributed by atoms with Crippen LogP contribution < -0.4 is 10.6 Å². The van der Waals surface area contributed by atoms with E-state index in [1.807, 2.05) is 12.1 Å². The summed E-state index contributed by atoms with van der Waals surface area (Å²) in [5.41, 5.74) is 10.9. The summed E-state index contributed by atoms with van der Waals surface area (Å²) in [6, 6.07) is 6.23. The van der Waals surface area contributed by atoms with E-state index in [0.29, 0.717) is 0 Å². The zero-order valence-corrected chi connectivity index (χ0v) is 10.00. The number of anilines is 2. The first-order valence-electron chi connectivity index (χ1n) is 5.95. The zero-order valence-electron chi connectivity index (χ0n) is 10.00. The first-order valence-corrected chi connectivity index (χ1v) is 5.95. The number of benzene rings is 1. The average molecular weight is 216 g/mol. The summed E-state index contributed by atoms with van der Waals surface area (Å²) >= 11 is 0. The lowest BCUT2D eigenvalue weighted by Gasteiger charge is -2.32. The molecule has 2 rings (SSSR count). The maximum absolute atomic E-state index is 6.02. The van der Waals surface area contributed by atoms with Crippen molar-refractivity contribution >= 4 is 11.4 Å². The number of hydrogen-bond donors (Lipinski definition) is 1. The van der Waals surface area contributed by atoms with E-state index in [4.69, 9.17) is 5.73 Å². The van der Waals surface area contributed by atoms with Gasteiger partial charge in [0.05, 0.1) is 0 Å². The van der Waals surface area contributed by atoms with Gasteiger partial charge >= 0.3 is 0 Å². The molecule has 16 heavy (non-hydrogen) atoms. The average Bonchev–Trinajstić information content (AvgIpc) is 2.27. The van der Waals surface area contributed by atoms with Crippen LogP contribution in [-0.4, -0.2) is 13.1 Å². The molecular weight excluding hydrogens is 196 g/mol. The van der Waals surface area contributed by atoms with Gasteiger partial charge in [0.15, 0.2) is 0 Å². The minimum absolute atomic E-state index is 0.942. The smallest absolute Gasteiger partial charge is 0.0419 e. The van der Waals surface area contributed by atoms with E-state index >= 15 is 0 Å².